The molecule has 14 heavy (non-hydrogen) atoms. The number of rotatable bonds is 1. The van der Waals surface area contributed by atoms with E-state index in [1.807, 2.05) is 31.2 Å². The van der Waals surface area contributed by atoms with E-state index >= 15 is 0 Å². The molecule has 0 saturated heterocycles. The summed E-state index contributed by atoms with van der Waals surface area (Å²) in [5, 5.41) is 2.47. The highest BCUT2D eigenvalue weighted by atomic mass is 16.2. The molecule has 0 radical (unpaired) electrons. The van der Waals surface area contributed by atoms with Gasteiger partial charge in [0.2, 0.25) is 0 Å². The van der Waals surface area contributed by atoms with Gasteiger partial charge in [0, 0.05) is 0 Å². The second-order valence-corrected chi connectivity index (χ2v) is 3.32. The van der Waals surface area contributed by atoms with E-state index in [2.05, 4.69) is 10.3 Å². The summed E-state index contributed by atoms with van der Waals surface area (Å²) in [6.07, 6.45) is 0. The lowest BCUT2D eigenvalue weighted by molar-refractivity contribution is -0.120. The van der Waals surface area contributed by atoms with Gasteiger partial charge in [0.1, 0.15) is 0 Å². The van der Waals surface area contributed by atoms with Crippen molar-refractivity contribution in [1.82, 2.24) is 5.32 Å². The highest BCUT2D eigenvalue weighted by Crippen LogP contribution is 2.21. The SMILES string of the molecule is Cc1cccc(C2N=C(N)NC2=O)c1. The summed E-state index contributed by atoms with van der Waals surface area (Å²) in [4.78, 5) is 15.4. The molecule has 1 aliphatic heterocycles. The average molecular weight is 189 g/mol. The number of nitrogens with zero attached hydrogens (tertiary/aromatic N) is 1. The van der Waals surface area contributed by atoms with Crippen LogP contribution in [0.5, 0.6) is 0 Å². The Morgan fingerprint density at radius 2 is 2.29 bits per heavy atom. The second kappa shape index (κ2) is 3.14. The minimum Gasteiger partial charge on any atom is -0.370 e. The monoisotopic (exact) mass is 189 g/mol. The summed E-state index contributed by atoms with van der Waals surface area (Å²) < 4.78 is 0. The minimum atomic E-state index is -0.477. The number of nitrogens with two attached hydrogens (primary N) is 1. The fourth-order valence-corrected chi connectivity index (χ4v) is 1.49. The van der Waals surface area contributed by atoms with Crippen LogP contribution < -0.4 is 11.1 Å². The molecule has 1 aromatic carbocycles. The van der Waals surface area contributed by atoms with Gasteiger partial charge >= 0.3 is 0 Å². The number of hydrogen-bond donors (Lipinski definition) is 2. The number of amides is 1. The first-order valence-corrected chi connectivity index (χ1v) is 4.37. The van der Waals surface area contributed by atoms with Crippen LogP contribution in [0.3, 0.4) is 0 Å². The lowest BCUT2D eigenvalue weighted by atomic mass is 10.1. The number of benzene rings is 1. The molecule has 0 spiro atoms. The Labute approximate surface area is 81.8 Å². The first kappa shape index (κ1) is 8.74. The highest BCUT2D eigenvalue weighted by molar-refractivity contribution is 6.04. The van der Waals surface area contributed by atoms with E-state index in [1.54, 1.807) is 0 Å². The zero-order chi connectivity index (χ0) is 10.1. The Hall–Kier alpha value is -1.84. The predicted octanol–water partition coefficient (Wildman–Crippen LogP) is 0.481. The van der Waals surface area contributed by atoms with E-state index in [0.29, 0.717) is 0 Å². The number of carbonyl (C=O) groups is 1. The molecule has 1 unspecified atom stereocenters. The molecule has 0 aromatic heterocycles. The van der Waals surface area contributed by atoms with Gasteiger partial charge in [-0.15, -0.1) is 0 Å². The number of guanidine groups is 1. The van der Waals surface area contributed by atoms with Gasteiger partial charge in [-0.05, 0) is 12.5 Å². The van der Waals surface area contributed by atoms with Crippen LogP contribution in [0.25, 0.3) is 0 Å². The second-order valence-electron chi connectivity index (χ2n) is 3.32. The van der Waals surface area contributed by atoms with Gasteiger partial charge in [-0.1, -0.05) is 29.8 Å². The standard InChI is InChI=1S/C10H11N3O/c1-6-3-2-4-7(5-6)8-9(14)13-10(11)12-8/h2-5,8H,1H3,(H3,11,12,13,14). The molecule has 4 heteroatoms. The van der Waals surface area contributed by atoms with Crippen LogP contribution >= 0.6 is 0 Å². The largest absolute Gasteiger partial charge is 0.370 e. The zero-order valence-corrected chi connectivity index (χ0v) is 7.82. The van der Waals surface area contributed by atoms with Crippen molar-refractivity contribution in [3.63, 3.8) is 0 Å². The smallest absolute Gasteiger partial charge is 0.256 e. The molecule has 72 valence electrons. The molecule has 1 aliphatic rings. The van der Waals surface area contributed by atoms with Gasteiger partial charge in [0.25, 0.3) is 5.91 Å². The molecule has 4 nitrogen and oxygen atoms in total. The van der Waals surface area contributed by atoms with Gasteiger partial charge in [-0.3, -0.25) is 10.1 Å². The maximum atomic E-state index is 11.4. The molecule has 1 aromatic rings. The van der Waals surface area contributed by atoms with Crippen molar-refractivity contribution in [1.29, 1.82) is 0 Å². The summed E-state index contributed by atoms with van der Waals surface area (Å²) in [6, 6.07) is 7.21. The van der Waals surface area contributed by atoms with E-state index in [4.69, 9.17) is 5.73 Å². The summed E-state index contributed by atoms with van der Waals surface area (Å²) in [7, 11) is 0. The van der Waals surface area contributed by atoms with E-state index in [0.717, 1.165) is 11.1 Å². The molecule has 0 bridgehead atoms. The van der Waals surface area contributed by atoms with Crippen LogP contribution in [-0.4, -0.2) is 11.9 Å². The van der Waals surface area contributed by atoms with Crippen molar-refractivity contribution in [3.05, 3.63) is 35.4 Å². The molecule has 0 fully saturated rings. The number of hydrogen-bond acceptors (Lipinski definition) is 3. The van der Waals surface area contributed by atoms with Gasteiger partial charge < -0.3 is 5.73 Å². The summed E-state index contributed by atoms with van der Waals surface area (Å²) in [5.74, 6) is 0.0367. The third-order valence-electron chi connectivity index (χ3n) is 2.13. The molecule has 1 heterocycles. The quantitative estimate of drug-likeness (QED) is 0.674. The Morgan fingerprint density at radius 1 is 1.50 bits per heavy atom. The first-order valence-electron chi connectivity index (χ1n) is 4.37. The molecule has 0 aliphatic carbocycles. The molecular weight excluding hydrogens is 178 g/mol. The normalized spacial score (nSPS) is 20.5. The molecule has 1 amide bonds. The van der Waals surface area contributed by atoms with Crippen LogP contribution in [0.2, 0.25) is 0 Å². The summed E-state index contributed by atoms with van der Waals surface area (Å²) in [5.41, 5.74) is 7.39. The van der Waals surface area contributed by atoms with Gasteiger partial charge in [0.05, 0.1) is 0 Å². The van der Waals surface area contributed by atoms with Gasteiger partial charge in [-0.2, -0.15) is 0 Å². The van der Waals surface area contributed by atoms with Gasteiger partial charge in [0.15, 0.2) is 12.0 Å². The van der Waals surface area contributed by atoms with Crippen LogP contribution in [0.1, 0.15) is 17.2 Å². The Morgan fingerprint density at radius 3 is 2.86 bits per heavy atom. The van der Waals surface area contributed by atoms with Gasteiger partial charge in [-0.25, -0.2) is 4.99 Å². The van der Waals surface area contributed by atoms with Crippen molar-refractivity contribution < 1.29 is 4.79 Å². The topological polar surface area (TPSA) is 67.5 Å². The Balaban J connectivity index is 2.36. The fraction of sp³-hybridized carbons (Fsp3) is 0.200. The fourth-order valence-electron chi connectivity index (χ4n) is 1.49. The maximum absolute atomic E-state index is 11.4. The number of aliphatic imine (C=N–C) groups is 1. The maximum Gasteiger partial charge on any atom is 0.256 e. The van der Waals surface area contributed by atoms with Crippen molar-refractivity contribution in [2.24, 2.45) is 10.7 Å². The van der Waals surface area contributed by atoms with Crippen molar-refractivity contribution in [2.75, 3.05) is 0 Å². The highest BCUT2D eigenvalue weighted by Gasteiger charge is 2.26. The van der Waals surface area contributed by atoms with Crippen molar-refractivity contribution in [3.8, 4) is 0 Å². The zero-order valence-electron chi connectivity index (χ0n) is 7.82. The van der Waals surface area contributed by atoms with Crippen molar-refractivity contribution in [2.45, 2.75) is 13.0 Å². The summed E-state index contributed by atoms with van der Waals surface area (Å²) in [6.45, 7) is 1.98. The third kappa shape index (κ3) is 1.46. The number of aryl methyl sites for hydroxylation is 1. The summed E-state index contributed by atoms with van der Waals surface area (Å²) >= 11 is 0. The lowest BCUT2D eigenvalue weighted by Gasteiger charge is -2.05. The minimum absolute atomic E-state index is 0.159. The molecule has 1 atom stereocenters. The number of nitrogens with one attached hydrogen (secondary N) is 1. The lowest BCUT2D eigenvalue weighted by Crippen LogP contribution is -2.31. The van der Waals surface area contributed by atoms with Crippen molar-refractivity contribution >= 4 is 11.9 Å². The average Bonchev–Trinajstić information content (AvgIpc) is 2.45. The van der Waals surface area contributed by atoms with Crippen LogP contribution in [0, 0.1) is 6.92 Å². The third-order valence-corrected chi connectivity index (χ3v) is 2.13. The molecule has 0 saturated carbocycles. The number of carbonyl (C=O) groups excluding carboxylic acids is 1. The molecule has 2 rings (SSSR count). The van der Waals surface area contributed by atoms with E-state index in [1.165, 1.54) is 0 Å². The van der Waals surface area contributed by atoms with E-state index in [9.17, 15) is 4.79 Å². The van der Waals surface area contributed by atoms with Crippen LogP contribution in [-0.2, 0) is 4.79 Å². The van der Waals surface area contributed by atoms with Crippen LogP contribution in [0.4, 0.5) is 0 Å². The molecule has 3 N–H and O–H groups in total. The first-order chi connectivity index (χ1) is 6.66. The predicted molar refractivity (Wildman–Crippen MR) is 53.7 cm³/mol. The Kier molecular flexibility index (Phi) is 1.96. The van der Waals surface area contributed by atoms with E-state index in [-0.39, 0.29) is 11.9 Å². The Bertz CT molecular complexity index is 412. The molecular formula is C10H11N3O. The van der Waals surface area contributed by atoms with E-state index < -0.39 is 6.04 Å². The van der Waals surface area contributed by atoms with Crippen LogP contribution in [0.15, 0.2) is 29.3 Å².